The highest BCUT2D eigenvalue weighted by atomic mass is 16.5. The lowest BCUT2D eigenvalue weighted by atomic mass is 10.1. The molecular weight excluding hydrogens is 266 g/mol. The van der Waals surface area contributed by atoms with E-state index in [9.17, 15) is 0 Å². The van der Waals surface area contributed by atoms with Crippen LogP contribution in [0.25, 0.3) is 17.1 Å². The number of benzene rings is 2. The van der Waals surface area contributed by atoms with Crippen LogP contribution in [0.3, 0.4) is 0 Å². The Morgan fingerprint density at radius 1 is 1.14 bits per heavy atom. The molecular formula is C15H15N5O. The highest BCUT2D eigenvalue weighted by molar-refractivity contribution is 5.64. The number of nitrogen functional groups attached to an aromatic ring is 1. The SMILES string of the molecule is COc1cccc(-n2nnnc2-c2cc(C)cc(N)c2)c1. The molecule has 0 saturated heterocycles. The Hall–Kier alpha value is -2.89. The number of hydrogen-bond donors (Lipinski definition) is 1. The number of anilines is 1. The molecule has 0 bridgehead atoms. The van der Waals surface area contributed by atoms with E-state index in [0.717, 1.165) is 22.6 Å². The van der Waals surface area contributed by atoms with Gasteiger partial charge in [0.1, 0.15) is 5.75 Å². The van der Waals surface area contributed by atoms with E-state index < -0.39 is 0 Å². The minimum Gasteiger partial charge on any atom is -0.497 e. The second-order valence-corrected chi connectivity index (χ2v) is 4.75. The summed E-state index contributed by atoms with van der Waals surface area (Å²) in [7, 11) is 1.63. The Labute approximate surface area is 122 Å². The van der Waals surface area contributed by atoms with E-state index in [1.54, 1.807) is 11.8 Å². The van der Waals surface area contributed by atoms with Crippen molar-refractivity contribution in [2.24, 2.45) is 0 Å². The van der Waals surface area contributed by atoms with E-state index in [2.05, 4.69) is 15.5 Å². The molecule has 0 spiro atoms. The van der Waals surface area contributed by atoms with Crippen LogP contribution in [0.5, 0.6) is 5.75 Å². The van der Waals surface area contributed by atoms with Gasteiger partial charge in [-0.1, -0.05) is 6.07 Å². The minimum absolute atomic E-state index is 0.638. The zero-order valence-corrected chi connectivity index (χ0v) is 11.8. The quantitative estimate of drug-likeness (QED) is 0.745. The summed E-state index contributed by atoms with van der Waals surface area (Å²) < 4.78 is 6.90. The second-order valence-electron chi connectivity index (χ2n) is 4.75. The zero-order chi connectivity index (χ0) is 14.8. The highest BCUT2D eigenvalue weighted by Gasteiger charge is 2.12. The van der Waals surface area contributed by atoms with Crippen LogP contribution in [0.1, 0.15) is 5.56 Å². The fraction of sp³-hybridized carbons (Fsp3) is 0.133. The first-order chi connectivity index (χ1) is 10.2. The first-order valence-corrected chi connectivity index (χ1v) is 6.48. The Kier molecular flexibility index (Phi) is 3.27. The Morgan fingerprint density at radius 2 is 2.00 bits per heavy atom. The topological polar surface area (TPSA) is 78.8 Å². The predicted molar refractivity (Wildman–Crippen MR) is 80.3 cm³/mol. The molecule has 0 saturated carbocycles. The zero-order valence-electron chi connectivity index (χ0n) is 11.8. The number of rotatable bonds is 3. The lowest BCUT2D eigenvalue weighted by Gasteiger charge is -2.07. The fourth-order valence-corrected chi connectivity index (χ4v) is 2.23. The third kappa shape index (κ3) is 2.55. The molecule has 0 radical (unpaired) electrons. The van der Waals surface area contributed by atoms with Gasteiger partial charge in [-0.15, -0.1) is 5.10 Å². The van der Waals surface area contributed by atoms with E-state index in [1.165, 1.54) is 0 Å². The van der Waals surface area contributed by atoms with E-state index >= 15 is 0 Å². The molecule has 0 amide bonds. The number of nitrogens with two attached hydrogens (primary N) is 1. The normalized spacial score (nSPS) is 10.6. The fourth-order valence-electron chi connectivity index (χ4n) is 2.23. The molecule has 3 aromatic rings. The van der Waals surface area contributed by atoms with Crippen LogP contribution < -0.4 is 10.5 Å². The standard InChI is InChI=1S/C15H15N5O/c1-10-6-11(8-12(16)7-10)15-17-18-19-20(15)13-4-3-5-14(9-13)21-2/h3-9H,16H2,1-2H3. The van der Waals surface area contributed by atoms with E-state index in [0.29, 0.717) is 11.5 Å². The molecule has 0 aliphatic carbocycles. The molecule has 0 atom stereocenters. The number of tetrazole rings is 1. The van der Waals surface area contributed by atoms with Crippen LogP contribution in [0.4, 0.5) is 5.69 Å². The van der Waals surface area contributed by atoms with E-state index in [4.69, 9.17) is 10.5 Å². The summed E-state index contributed by atoms with van der Waals surface area (Å²) in [5.74, 6) is 1.39. The van der Waals surface area contributed by atoms with Gasteiger partial charge in [0.15, 0.2) is 5.82 Å². The lowest BCUT2D eigenvalue weighted by Crippen LogP contribution is -2.01. The third-order valence-corrected chi connectivity index (χ3v) is 3.13. The molecule has 21 heavy (non-hydrogen) atoms. The molecule has 1 aromatic heterocycles. The highest BCUT2D eigenvalue weighted by Crippen LogP contribution is 2.24. The van der Waals surface area contributed by atoms with Gasteiger partial charge in [-0.05, 0) is 53.2 Å². The molecule has 106 valence electrons. The molecule has 2 aromatic carbocycles. The number of ether oxygens (including phenoxy) is 1. The van der Waals surface area contributed by atoms with Crippen molar-refractivity contribution in [1.29, 1.82) is 0 Å². The van der Waals surface area contributed by atoms with Crippen molar-refractivity contribution >= 4 is 5.69 Å². The van der Waals surface area contributed by atoms with Gasteiger partial charge in [-0.2, -0.15) is 4.68 Å². The van der Waals surface area contributed by atoms with Crippen molar-refractivity contribution < 1.29 is 4.74 Å². The molecule has 2 N–H and O–H groups in total. The summed E-state index contributed by atoms with van der Waals surface area (Å²) in [6.07, 6.45) is 0. The maximum atomic E-state index is 5.90. The first kappa shape index (κ1) is 13.1. The van der Waals surface area contributed by atoms with Gasteiger partial charge in [-0.3, -0.25) is 0 Å². The summed E-state index contributed by atoms with van der Waals surface area (Å²) in [5, 5.41) is 11.9. The van der Waals surface area contributed by atoms with Gasteiger partial charge < -0.3 is 10.5 Å². The summed E-state index contributed by atoms with van der Waals surface area (Å²) in [6, 6.07) is 13.3. The van der Waals surface area contributed by atoms with Crippen LogP contribution in [-0.2, 0) is 0 Å². The lowest BCUT2D eigenvalue weighted by molar-refractivity contribution is 0.414. The number of methoxy groups -OCH3 is 1. The molecule has 0 aliphatic rings. The number of aromatic nitrogens is 4. The van der Waals surface area contributed by atoms with Crippen molar-refractivity contribution in [2.75, 3.05) is 12.8 Å². The van der Waals surface area contributed by atoms with Crippen molar-refractivity contribution in [3.8, 4) is 22.8 Å². The van der Waals surface area contributed by atoms with Gasteiger partial charge >= 0.3 is 0 Å². The minimum atomic E-state index is 0.638. The molecule has 0 aliphatic heterocycles. The van der Waals surface area contributed by atoms with Gasteiger partial charge in [0.25, 0.3) is 0 Å². The monoisotopic (exact) mass is 281 g/mol. The number of hydrogen-bond acceptors (Lipinski definition) is 5. The molecule has 3 rings (SSSR count). The van der Waals surface area contributed by atoms with E-state index in [1.807, 2.05) is 49.4 Å². The number of nitrogens with zero attached hydrogens (tertiary/aromatic N) is 4. The van der Waals surface area contributed by atoms with Crippen LogP contribution in [0.2, 0.25) is 0 Å². The molecule has 1 heterocycles. The van der Waals surface area contributed by atoms with Gasteiger partial charge in [-0.25, -0.2) is 0 Å². The van der Waals surface area contributed by atoms with Crippen LogP contribution in [0, 0.1) is 6.92 Å². The maximum absolute atomic E-state index is 5.90. The molecule has 0 unspecified atom stereocenters. The van der Waals surface area contributed by atoms with Gasteiger partial charge in [0.2, 0.25) is 0 Å². The van der Waals surface area contributed by atoms with Crippen molar-refractivity contribution in [1.82, 2.24) is 20.2 Å². The molecule has 6 nitrogen and oxygen atoms in total. The first-order valence-electron chi connectivity index (χ1n) is 6.48. The average molecular weight is 281 g/mol. The smallest absolute Gasteiger partial charge is 0.187 e. The number of aryl methyl sites for hydroxylation is 1. The van der Waals surface area contributed by atoms with Crippen molar-refractivity contribution in [3.63, 3.8) is 0 Å². The molecule has 6 heteroatoms. The van der Waals surface area contributed by atoms with Crippen LogP contribution >= 0.6 is 0 Å². The van der Waals surface area contributed by atoms with Crippen molar-refractivity contribution in [2.45, 2.75) is 6.92 Å². The summed E-state index contributed by atoms with van der Waals surface area (Å²) >= 11 is 0. The average Bonchev–Trinajstić information content (AvgIpc) is 2.96. The Balaban J connectivity index is 2.12. The van der Waals surface area contributed by atoms with Gasteiger partial charge in [0, 0.05) is 17.3 Å². The summed E-state index contributed by atoms with van der Waals surface area (Å²) in [4.78, 5) is 0. The van der Waals surface area contributed by atoms with Crippen molar-refractivity contribution in [3.05, 3.63) is 48.0 Å². The van der Waals surface area contributed by atoms with Crippen LogP contribution in [-0.4, -0.2) is 27.3 Å². The van der Waals surface area contributed by atoms with Gasteiger partial charge in [0.05, 0.1) is 12.8 Å². The predicted octanol–water partition coefficient (Wildman–Crippen LogP) is 2.23. The maximum Gasteiger partial charge on any atom is 0.187 e. The Bertz CT molecular complexity index is 761. The summed E-state index contributed by atoms with van der Waals surface area (Å²) in [5.41, 5.74) is 9.35. The Morgan fingerprint density at radius 3 is 2.76 bits per heavy atom. The summed E-state index contributed by atoms with van der Waals surface area (Å²) in [6.45, 7) is 1.99. The van der Waals surface area contributed by atoms with Crippen LogP contribution in [0.15, 0.2) is 42.5 Å². The molecule has 0 fully saturated rings. The van der Waals surface area contributed by atoms with E-state index in [-0.39, 0.29) is 0 Å². The second kappa shape index (κ2) is 5.24. The third-order valence-electron chi connectivity index (χ3n) is 3.13. The largest absolute Gasteiger partial charge is 0.497 e.